The van der Waals surface area contributed by atoms with E-state index in [0.717, 1.165) is 12.8 Å². The molecule has 0 rings (SSSR count). The van der Waals surface area contributed by atoms with Gasteiger partial charge in [0, 0.05) is 0 Å². The lowest BCUT2D eigenvalue weighted by Crippen LogP contribution is -2.15. The highest BCUT2D eigenvalue weighted by Gasteiger charge is 1.92. The largest absolute Gasteiger partial charge is 0.316 e. The fraction of sp³-hybridized carbons (Fsp3) is 0.800. The molecule has 0 bridgehead atoms. The SMILES string of the molecule is CCCC(N)C#N.Cl. The van der Waals surface area contributed by atoms with Crippen molar-refractivity contribution in [2.45, 2.75) is 25.8 Å². The fourth-order valence-corrected chi connectivity index (χ4v) is 0.376. The predicted molar refractivity (Wildman–Crippen MR) is 35.7 cm³/mol. The van der Waals surface area contributed by atoms with Gasteiger partial charge in [0.05, 0.1) is 12.1 Å². The highest BCUT2D eigenvalue weighted by atomic mass is 35.5. The van der Waals surface area contributed by atoms with E-state index in [1.54, 1.807) is 0 Å². The monoisotopic (exact) mass is 134 g/mol. The number of halogens is 1. The van der Waals surface area contributed by atoms with E-state index in [0.29, 0.717) is 0 Å². The number of nitrogens with zero attached hydrogens (tertiary/aromatic N) is 1. The average Bonchev–Trinajstić information content (AvgIpc) is 1.68. The van der Waals surface area contributed by atoms with E-state index in [1.807, 2.05) is 13.0 Å². The Hall–Kier alpha value is -0.260. The molecule has 0 saturated carbocycles. The maximum atomic E-state index is 8.09. The molecule has 0 aliphatic heterocycles. The van der Waals surface area contributed by atoms with Crippen molar-refractivity contribution in [2.24, 2.45) is 5.73 Å². The first-order valence-electron chi connectivity index (χ1n) is 2.46. The molecule has 2 nitrogen and oxygen atoms in total. The van der Waals surface area contributed by atoms with Crippen LogP contribution in [-0.2, 0) is 0 Å². The van der Waals surface area contributed by atoms with E-state index in [4.69, 9.17) is 11.0 Å². The molecule has 0 heterocycles. The summed E-state index contributed by atoms with van der Waals surface area (Å²) in [5.74, 6) is 0. The van der Waals surface area contributed by atoms with Crippen LogP contribution in [0.15, 0.2) is 0 Å². The van der Waals surface area contributed by atoms with Crippen molar-refractivity contribution < 1.29 is 0 Å². The Labute approximate surface area is 56.1 Å². The number of hydrogen-bond acceptors (Lipinski definition) is 2. The van der Waals surface area contributed by atoms with Crippen LogP contribution in [0.25, 0.3) is 0 Å². The molecule has 0 amide bonds. The maximum Gasteiger partial charge on any atom is 0.0927 e. The molecular weight excluding hydrogens is 124 g/mol. The summed E-state index contributed by atoms with van der Waals surface area (Å²) in [5.41, 5.74) is 5.22. The van der Waals surface area contributed by atoms with Gasteiger partial charge in [0.25, 0.3) is 0 Å². The summed E-state index contributed by atoms with van der Waals surface area (Å²) in [5, 5.41) is 8.09. The molecule has 0 aromatic rings. The minimum absolute atomic E-state index is 0. The van der Waals surface area contributed by atoms with Crippen molar-refractivity contribution in [1.29, 1.82) is 5.26 Å². The topological polar surface area (TPSA) is 49.8 Å². The number of hydrogen-bond donors (Lipinski definition) is 1. The maximum absolute atomic E-state index is 8.09. The molecule has 2 N–H and O–H groups in total. The second-order valence-corrected chi connectivity index (χ2v) is 1.52. The smallest absolute Gasteiger partial charge is 0.0927 e. The molecule has 0 fully saturated rings. The van der Waals surface area contributed by atoms with Crippen molar-refractivity contribution in [2.75, 3.05) is 0 Å². The van der Waals surface area contributed by atoms with E-state index in [1.165, 1.54) is 0 Å². The zero-order valence-corrected chi connectivity index (χ0v) is 5.74. The summed E-state index contributed by atoms with van der Waals surface area (Å²) in [6.45, 7) is 2.01. The highest BCUT2D eigenvalue weighted by Crippen LogP contribution is 1.88. The Bertz CT molecular complexity index is 77.0. The van der Waals surface area contributed by atoms with Crippen molar-refractivity contribution in [3.05, 3.63) is 0 Å². The first kappa shape index (κ1) is 10.7. The highest BCUT2D eigenvalue weighted by molar-refractivity contribution is 5.85. The van der Waals surface area contributed by atoms with Crippen molar-refractivity contribution in [3.8, 4) is 6.07 Å². The van der Waals surface area contributed by atoms with Gasteiger partial charge < -0.3 is 5.73 Å². The first-order valence-corrected chi connectivity index (χ1v) is 2.46. The lowest BCUT2D eigenvalue weighted by molar-refractivity contribution is 0.713. The second kappa shape index (κ2) is 6.74. The molecule has 8 heavy (non-hydrogen) atoms. The summed E-state index contributed by atoms with van der Waals surface area (Å²) < 4.78 is 0. The minimum Gasteiger partial charge on any atom is -0.316 e. The molecule has 3 heteroatoms. The van der Waals surface area contributed by atoms with Gasteiger partial charge in [-0.05, 0) is 6.42 Å². The van der Waals surface area contributed by atoms with Gasteiger partial charge in [-0.3, -0.25) is 0 Å². The predicted octanol–water partition coefficient (Wildman–Crippen LogP) is 1.06. The van der Waals surface area contributed by atoms with Gasteiger partial charge in [-0.1, -0.05) is 13.3 Å². The van der Waals surface area contributed by atoms with E-state index in [-0.39, 0.29) is 18.4 Å². The summed E-state index contributed by atoms with van der Waals surface area (Å²) >= 11 is 0. The van der Waals surface area contributed by atoms with E-state index >= 15 is 0 Å². The molecule has 0 spiro atoms. The van der Waals surface area contributed by atoms with Crippen LogP contribution >= 0.6 is 12.4 Å². The van der Waals surface area contributed by atoms with Crippen molar-refractivity contribution in [1.82, 2.24) is 0 Å². The lowest BCUT2D eigenvalue weighted by atomic mass is 10.2. The zero-order valence-electron chi connectivity index (χ0n) is 4.92. The second-order valence-electron chi connectivity index (χ2n) is 1.52. The lowest BCUT2D eigenvalue weighted by Gasteiger charge is -1.93. The summed E-state index contributed by atoms with van der Waals surface area (Å²) in [7, 11) is 0. The fourth-order valence-electron chi connectivity index (χ4n) is 0.376. The van der Waals surface area contributed by atoms with Gasteiger partial charge in [-0.25, -0.2) is 0 Å². The third-order valence-electron chi connectivity index (χ3n) is 0.766. The van der Waals surface area contributed by atoms with Gasteiger partial charge >= 0.3 is 0 Å². The Morgan fingerprint density at radius 3 is 2.38 bits per heavy atom. The molecule has 1 atom stereocenters. The molecule has 1 unspecified atom stereocenters. The number of nitrogens with two attached hydrogens (primary N) is 1. The molecule has 0 saturated heterocycles. The normalized spacial score (nSPS) is 11.1. The van der Waals surface area contributed by atoms with E-state index in [2.05, 4.69) is 0 Å². The summed E-state index contributed by atoms with van der Waals surface area (Å²) in [6, 6.07) is 1.70. The molecule has 0 aromatic heterocycles. The number of rotatable bonds is 2. The molecule has 0 aliphatic rings. The Morgan fingerprint density at radius 1 is 1.75 bits per heavy atom. The van der Waals surface area contributed by atoms with Crippen LogP contribution in [0.3, 0.4) is 0 Å². The van der Waals surface area contributed by atoms with Crippen LogP contribution in [0.5, 0.6) is 0 Å². The molecule has 0 aliphatic carbocycles. The Morgan fingerprint density at radius 2 is 2.25 bits per heavy atom. The van der Waals surface area contributed by atoms with E-state index < -0.39 is 0 Å². The van der Waals surface area contributed by atoms with Crippen molar-refractivity contribution >= 4 is 12.4 Å². The van der Waals surface area contributed by atoms with Gasteiger partial charge in [0.15, 0.2) is 0 Å². The zero-order chi connectivity index (χ0) is 5.70. The summed E-state index contributed by atoms with van der Waals surface area (Å²) in [4.78, 5) is 0. The molecular formula is C5H11ClN2. The Kier molecular flexibility index (Phi) is 8.99. The van der Waals surface area contributed by atoms with Gasteiger partial charge in [0.1, 0.15) is 0 Å². The van der Waals surface area contributed by atoms with Gasteiger partial charge in [-0.15, -0.1) is 12.4 Å². The van der Waals surface area contributed by atoms with Crippen LogP contribution in [0.4, 0.5) is 0 Å². The number of nitriles is 1. The minimum atomic E-state index is -0.245. The van der Waals surface area contributed by atoms with Crippen molar-refractivity contribution in [3.63, 3.8) is 0 Å². The van der Waals surface area contributed by atoms with Crippen LogP contribution in [-0.4, -0.2) is 6.04 Å². The van der Waals surface area contributed by atoms with Gasteiger partial charge in [-0.2, -0.15) is 5.26 Å². The van der Waals surface area contributed by atoms with Crippen LogP contribution < -0.4 is 5.73 Å². The standard InChI is InChI=1S/C5H10N2.ClH/c1-2-3-5(7)4-6;/h5H,2-3,7H2,1H3;1H. The van der Waals surface area contributed by atoms with Crippen LogP contribution in [0, 0.1) is 11.3 Å². The molecule has 0 aromatic carbocycles. The van der Waals surface area contributed by atoms with Gasteiger partial charge in [0.2, 0.25) is 0 Å². The third-order valence-corrected chi connectivity index (χ3v) is 0.766. The van der Waals surface area contributed by atoms with Crippen LogP contribution in [0.1, 0.15) is 19.8 Å². The van der Waals surface area contributed by atoms with Crippen LogP contribution in [0.2, 0.25) is 0 Å². The summed E-state index contributed by atoms with van der Waals surface area (Å²) in [6.07, 6.45) is 1.81. The molecule has 0 radical (unpaired) electrons. The Balaban J connectivity index is 0. The quantitative estimate of drug-likeness (QED) is 0.614. The average molecular weight is 135 g/mol. The third kappa shape index (κ3) is 5.74. The van der Waals surface area contributed by atoms with E-state index in [9.17, 15) is 0 Å². The first-order chi connectivity index (χ1) is 3.31. The molecule has 48 valence electrons.